The van der Waals surface area contributed by atoms with Crippen molar-refractivity contribution in [3.63, 3.8) is 0 Å². The Morgan fingerprint density at radius 1 is 1.21 bits per heavy atom. The summed E-state index contributed by atoms with van der Waals surface area (Å²) in [5, 5.41) is 0. The van der Waals surface area contributed by atoms with E-state index in [1.165, 1.54) is 0 Å². The average molecular weight is 185 g/mol. The molecule has 0 spiro atoms. The first kappa shape index (κ1) is 8.75. The molecule has 2 rings (SSSR count). The van der Waals surface area contributed by atoms with Crippen LogP contribution in [-0.2, 0) is 0 Å². The van der Waals surface area contributed by atoms with Gasteiger partial charge in [0.1, 0.15) is 0 Å². The number of aryl methyl sites for hydroxylation is 1. The van der Waals surface area contributed by atoms with Crippen LogP contribution in [0.2, 0.25) is 0 Å². The van der Waals surface area contributed by atoms with Crippen LogP contribution in [0.1, 0.15) is 21.5 Å². The zero-order valence-electron chi connectivity index (χ0n) is 7.95. The summed E-state index contributed by atoms with van der Waals surface area (Å²) in [6, 6.07) is 9.39. The molecule has 1 aromatic carbocycles. The maximum Gasteiger partial charge on any atom is 0.194 e. The van der Waals surface area contributed by atoms with Gasteiger partial charge in [0, 0.05) is 23.5 Å². The van der Waals surface area contributed by atoms with E-state index in [1.54, 1.807) is 18.5 Å². The molecule has 1 heterocycles. The molecule has 0 unspecified atom stereocenters. The molecule has 1 aromatic heterocycles. The summed E-state index contributed by atoms with van der Waals surface area (Å²) in [5.74, 6) is 0.0648. The van der Waals surface area contributed by atoms with Gasteiger partial charge in [-0.15, -0.1) is 0 Å². The Kier molecular flexibility index (Phi) is 2.19. The molecule has 0 radical (unpaired) electrons. The lowest BCUT2D eigenvalue weighted by Crippen LogP contribution is -1.99. The Hall–Kier alpha value is -1.83. The summed E-state index contributed by atoms with van der Waals surface area (Å²) in [6.45, 7) is 1.98. The summed E-state index contributed by atoms with van der Waals surface area (Å²) in [5.41, 5.74) is 2.55. The summed E-state index contributed by atoms with van der Waals surface area (Å²) in [7, 11) is 0. The highest BCUT2D eigenvalue weighted by atomic mass is 16.1. The monoisotopic (exact) mass is 185 g/mol. The molecule has 2 aromatic rings. The van der Waals surface area contributed by atoms with Crippen LogP contribution in [0.3, 0.4) is 0 Å². The summed E-state index contributed by atoms with van der Waals surface area (Å²) >= 11 is 0. The lowest BCUT2D eigenvalue weighted by Gasteiger charge is -1.99. The minimum absolute atomic E-state index is 0.0648. The highest BCUT2D eigenvalue weighted by Crippen LogP contribution is 2.10. The van der Waals surface area contributed by atoms with E-state index < -0.39 is 0 Å². The Balaban J connectivity index is 2.37. The number of ketones is 1. The molecule has 0 atom stereocenters. The van der Waals surface area contributed by atoms with Crippen LogP contribution in [0.25, 0.3) is 0 Å². The molecule has 0 saturated heterocycles. The number of hydrogen-bond acceptors (Lipinski definition) is 1. The van der Waals surface area contributed by atoms with Gasteiger partial charge in [0.2, 0.25) is 0 Å². The molecular weight excluding hydrogens is 174 g/mol. The van der Waals surface area contributed by atoms with Gasteiger partial charge in [-0.25, -0.2) is 0 Å². The maximum absolute atomic E-state index is 11.8. The van der Waals surface area contributed by atoms with Crippen LogP contribution in [0.4, 0.5) is 0 Å². The molecule has 0 amide bonds. The first-order chi connectivity index (χ1) is 6.77. The van der Waals surface area contributed by atoms with E-state index in [2.05, 4.69) is 4.98 Å². The van der Waals surface area contributed by atoms with Crippen molar-refractivity contribution in [2.24, 2.45) is 0 Å². The quantitative estimate of drug-likeness (QED) is 0.716. The molecule has 0 aliphatic heterocycles. The number of aromatic nitrogens is 1. The Morgan fingerprint density at radius 3 is 2.71 bits per heavy atom. The van der Waals surface area contributed by atoms with Crippen molar-refractivity contribution in [2.75, 3.05) is 0 Å². The zero-order chi connectivity index (χ0) is 9.97. The average Bonchev–Trinajstić information content (AvgIpc) is 2.69. The van der Waals surface area contributed by atoms with E-state index in [1.807, 2.05) is 31.2 Å². The normalized spacial score (nSPS) is 10.1. The lowest BCUT2D eigenvalue weighted by molar-refractivity contribution is 0.103. The van der Waals surface area contributed by atoms with E-state index >= 15 is 0 Å². The fourth-order valence-electron chi connectivity index (χ4n) is 1.42. The third-order valence-electron chi connectivity index (χ3n) is 2.14. The van der Waals surface area contributed by atoms with Gasteiger partial charge in [0.05, 0.1) is 0 Å². The molecule has 0 aliphatic rings. The standard InChI is InChI=1S/C12H11NO/c1-9-3-2-4-10(7-9)12(14)11-5-6-13-8-11/h2-8,13H,1H3. The number of rotatable bonds is 2. The Labute approximate surface area is 82.6 Å². The highest BCUT2D eigenvalue weighted by molar-refractivity contribution is 6.08. The van der Waals surface area contributed by atoms with Crippen molar-refractivity contribution in [3.05, 3.63) is 59.4 Å². The van der Waals surface area contributed by atoms with Gasteiger partial charge in [-0.3, -0.25) is 4.79 Å². The lowest BCUT2D eigenvalue weighted by atomic mass is 10.0. The number of aromatic amines is 1. The third kappa shape index (κ3) is 1.59. The topological polar surface area (TPSA) is 32.9 Å². The fraction of sp³-hybridized carbons (Fsp3) is 0.0833. The van der Waals surface area contributed by atoms with Gasteiger partial charge in [-0.05, 0) is 19.1 Å². The molecule has 0 saturated carbocycles. The Bertz CT molecular complexity index is 443. The van der Waals surface area contributed by atoms with Crippen molar-refractivity contribution in [1.29, 1.82) is 0 Å². The van der Waals surface area contributed by atoms with E-state index in [0.717, 1.165) is 11.1 Å². The van der Waals surface area contributed by atoms with E-state index in [0.29, 0.717) is 5.56 Å². The Morgan fingerprint density at radius 2 is 2.07 bits per heavy atom. The van der Waals surface area contributed by atoms with Crippen molar-refractivity contribution in [3.8, 4) is 0 Å². The molecule has 0 aliphatic carbocycles. The molecular formula is C12H11NO. The van der Waals surface area contributed by atoms with Gasteiger partial charge in [0.15, 0.2) is 5.78 Å². The SMILES string of the molecule is Cc1cccc(C(=O)c2cc[nH]c2)c1. The first-order valence-electron chi connectivity index (χ1n) is 4.51. The van der Waals surface area contributed by atoms with E-state index in [4.69, 9.17) is 0 Å². The number of benzene rings is 1. The van der Waals surface area contributed by atoms with Gasteiger partial charge in [-0.2, -0.15) is 0 Å². The summed E-state index contributed by atoms with van der Waals surface area (Å²) < 4.78 is 0. The molecule has 70 valence electrons. The van der Waals surface area contributed by atoms with Crippen LogP contribution in [-0.4, -0.2) is 10.8 Å². The first-order valence-corrected chi connectivity index (χ1v) is 4.51. The van der Waals surface area contributed by atoms with E-state index in [-0.39, 0.29) is 5.78 Å². The molecule has 14 heavy (non-hydrogen) atoms. The number of nitrogens with one attached hydrogen (secondary N) is 1. The van der Waals surface area contributed by atoms with Gasteiger partial charge in [0.25, 0.3) is 0 Å². The fourth-order valence-corrected chi connectivity index (χ4v) is 1.42. The maximum atomic E-state index is 11.8. The second kappa shape index (κ2) is 3.50. The number of H-pyrrole nitrogens is 1. The molecule has 1 N–H and O–H groups in total. The van der Waals surface area contributed by atoms with Crippen LogP contribution in [0, 0.1) is 6.92 Å². The second-order valence-electron chi connectivity index (χ2n) is 3.30. The van der Waals surface area contributed by atoms with Crippen molar-refractivity contribution < 1.29 is 4.79 Å². The molecule has 2 heteroatoms. The number of hydrogen-bond donors (Lipinski definition) is 1. The van der Waals surface area contributed by atoms with Crippen LogP contribution < -0.4 is 0 Å². The predicted octanol–water partition coefficient (Wildman–Crippen LogP) is 2.55. The van der Waals surface area contributed by atoms with E-state index in [9.17, 15) is 4.79 Å². The van der Waals surface area contributed by atoms with Crippen LogP contribution in [0.5, 0.6) is 0 Å². The summed E-state index contributed by atoms with van der Waals surface area (Å²) in [6.07, 6.45) is 3.47. The predicted molar refractivity (Wildman–Crippen MR) is 55.4 cm³/mol. The third-order valence-corrected chi connectivity index (χ3v) is 2.14. The smallest absolute Gasteiger partial charge is 0.194 e. The minimum Gasteiger partial charge on any atom is -0.367 e. The highest BCUT2D eigenvalue weighted by Gasteiger charge is 2.08. The number of carbonyl (C=O) groups is 1. The second-order valence-corrected chi connectivity index (χ2v) is 3.30. The molecule has 0 bridgehead atoms. The molecule has 0 fully saturated rings. The van der Waals surface area contributed by atoms with Crippen molar-refractivity contribution in [1.82, 2.24) is 4.98 Å². The van der Waals surface area contributed by atoms with Crippen LogP contribution >= 0.6 is 0 Å². The summed E-state index contributed by atoms with van der Waals surface area (Å²) in [4.78, 5) is 14.7. The molecule has 2 nitrogen and oxygen atoms in total. The van der Waals surface area contributed by atoms with Gasteiger partial charge in [-0.1, -0.05) is 23.8 Å². The van der Waals surface area contributed by atoms with Crippen molar-refractivity contribution >= 4 is 5.78 Å². The number of carbonyl (C=O) groups excluding carboxylic acids is 1. The zero-order valence-corrected chi connectivity index (χ0v) is 7.95. The van der Waals surface area contributed by atoms with Crippen molar-refractivity contribution in [2.45, 2.75) is 6.92 Å². The van der Waals surface area contributed by atoms with Gasteiger partial charge < -0.3 is 4.98 Å². The van der Waals surface area contributed by atoms with Gasteiger partial charge >= 0.3 is 0 Å². The van der Waals surface area contributed by atoms with Crippen LogP contribution in [0.15, 0.2) is 42.7 Å². The largest absolute Gasteiger partial charge is 0.367 e. The minimum atomic E-state index is 0.0648.